The number of piperidine rings is 1. The fourth-order valence-corrected chi connectivity index (χ4v) is 2.61. The number of likely N-dealkylation sites (tertiary alicyclic amines) is 1. The Hall–Kier alpha value is 1.11. The first kappa shape index (κ1) is 18.1. The summed E-state index contributed by atoms with van der Waals surface area (Å²) in [5.74, 6) is 0. The molecule has 0 N–H and O–H groups in total. The van der Waals surface area contributed by atoms with Gasteiger partial charge in [0.05, 0.1) is 13.2 Å². The van der Waals surface area contributed by atoms with Gasteiger partial charge in [0, 0.05) is 42.4 Å². The van der Waals surface area contributed by atoms with E-state index in [2.05, 4.69) is 30.3 Å². The van der Waals surface area contributed by atoms with Gasteiger partial charge in [-0.1, -0.05) is 13.8 Å². The van der Waals surface area contributed by atoms with Gasteiger partial charge in [-0.3, -0.25) is 6.54 Å². The first-order chi connectivity index (χ1) is 7.77. The van der Waals surface area contributed by atoms with Crippen molar-refractivity contribution < 1.29 is 41.6 Å². The predicted molar refractivity (Wildman–Crippen MR) is 68.3 cm³/mol. The largest absolute Gasteiger partial charge is 0.448 e. The Kier molecular flexibility index (Phi) is 9.68. The van der Waals surface area contributed by atoms with Gasteiger partial charge in [0.2, 0.25) is 0 Å². The molecule has 1 spiro atoms. The van der Waals surface area contributed by atoms with E-state index >= 15 is 0 Å². The van der Waals surface area contributed by atoms with Gasteiger partial charge in [0.15, 0.2) is 0 Å². The van der Waals surface area contributed by atoms with Crippen molar-refractivity contribution in [1.29, 1.82) is 0 Å². The number of ether oxygens (including phenoxy) is 1. The Labute approximate surface area is 136 Å². The molecule has 0 saturated carbocycles. The molecule has 17 heavy (non-hydrogen) atoms. The molecule has 2 heterocycles. The first-order valence-corrected chi connectivity index (χ1v) is 6.59. The van der Waals surface area contributed by atoms with E-state index in [0.29, 0.717) is 5.54 Å². The molecule has 3 nitrogen and oxygen atoms in total. The smallest absolute Gasteiger partial charge is 0.0628 e. The van der Waals surface area contributed by atoms with Crippen molar-refractivity contribution in [3.05, 3.63) is 6.54 Å². The second-order valence-corrected chi connectivity index (χ2v) is 4.53. The van der Waals surface area contributed by atoms with Crippen molar-refractivity contribution in [3.63, 3.8) is 0 Å². The van der Waals surface area contributed by atoms with Crippen LogP contribution in [0.3, 0.4) is 0 Å². The molecule has 2 aliphatic heterocycles. The van der Waals surface area contributed by atoms with Crippen LogP contribution in [0.5, 0.6) is 0 Å². The maximum atomic E-state index is 5.65. The van der Waals surface area contributed by atoms with Crippen molar-refractivity contribution >= 4 is 0 Å². The minimum absolute atomic E-state index is 0. The molecule has 0 aliphatic carbocycles. The number of morpholine rings is 1. The average molecular weight is 402 g/mol. The van der Waals surface area contributed by atoms with E-state index in [1.807, 2.05) is 13.8 Å². The summed E-state index contributed by atoms with van der Waals surface area (Å²) in [4.78, 5) is 4.91. The van der Waals surface area contributed by atoms with Crippen LogP contribution in [-0.4, -0.2) is 55.2 Å². The standard InChI is InChI=1S/C11H21N2O.C2H6.Lu/c1-3-13-8-9-14-10-11(13)4-6-12(2)7-5-11;1-2;/h3H,4-10H2,1-2H3;1-2H3;/q-1;;. The summed E-state index contributed by atoms with van der Waals surface area (Å²) in [7, 11) is 2.20. The molecule has 0 amide bonds. The first-order valence-electron chi connectivity index (χ1n) is 6.59. The second-order valence-electron chi connectivity index (χ2n) is 4.53. The van der Waals surface area contributed by atoms with Gasteiger partial charge in [-0.15, -0.1) is 0 Å². The number of rotatable bonds is 1. The number of hydrogen-bond donors (Lipinski definition) is 0. The normalized spacial score (nSPS) is 24.7. The number of nitrogens with zero attached hydrogens (tertiary/aromatic N) is 2. The van der Waals surface area contributed by atoms with E-state index in [0.717, 1.165) is 19.8 Å². The summed E-state index contributed by atoms with van der Waals surface area (Å²) in [5.41, 5.74) is 0.319. The van der Waals surface area contributed by atoms with Gasteiger partial charge in [-0.25, -0.2) is 0 Å². The van der Waals surface area contributed by atoms with E-state index < -0.39 is 0 Å². The third kappa shape index (κ3) is 4.61. The van der Waals surface area contributed by atoms with E-state index in [4.69, 9.17) is 4.74 Å². The molecule has 0 aromatic rings. The summed E-state index contributed by atoms with van der Waals surface area (Å²) in [6.45, 7) is 13.7. The van der Waals surface area contributed by atoms with Crippen molar-refractivity contribution in [2.45, 2.75) is 39.2 Å². The number of hydrogen-bond acceptors (Lipinski definition) is 3. The summed E-state index contributed by atoms with van der Waals surface area (Å²) in [5, 5.41) is 0. The minimum atomic E-state index is 0. The van der Waals surface area contributed by atoms with Gasteiger partial charge >= 0.3 is 0 Å². The molecular formula is C13H27LuN2O-. The van der Waals surface area contributed by atoms with Crippen LogP contribution in [0.25, 0.3) is 0 Å². The molecule has 111 valence electrons. The fourth-order valence-electron chi connectivity index (χ4n) is 2.61. The molecule has 2 fully saturated rings. The summed E-state index contributed by atoms with van der Waals surface area (Å²) in [6.07, 6.45) is 2.49. The molecule has 0 bridgehead atoms. The third-order valence-corrected chi connectivity index (χ3v) is 3.69. The Balaban J connectivity index is 0.000000811. The molecule has 2 aliphatic rings. The zero-order valence-electron chi connectivity index (χ0n) is 11.6. The molecule has 2 saturated heterocycles. The van der Waals surface area contributed by atoms with Crippen LogP contribution >= 0.6 is 0 Å². The van der Waals surface area contributed by atoms with E-state index in [1.165, 1.54) is 25.9 Å². The van der Waals surface area contributed by atoms with Crippen LogP contribution < -0.4 is 0 Å². The SMILES string of the molecule is CC.C[CH-]N1CCOCC12CCN(C)CC2.[Lu]. The molecule has 0 aromatic carbocycles. The van der Waals surface area contributed by atoms with Crippen LogP contribution in [0, 0.1) is 43.4 Å². The van der Waals surface area contributed by atoms with Crippen molar-refractivity contribution in [1.82, 2.24) is 9.80 Å². The predicted octanol–water partition coefficient (Wildman–Crippen LogP) is 1.99. The quantitative estimate of drug-likeness (QED) is 0.624. The summed E-state index contributed by atoms with van der Waals surface area (Å²) >= 11 is 0. The average Bonchev–Trinajstić information content (AvgIpc) is 2.36. The van der Waals surface area contributed by atoms with Crippen LogP contribution in [-0.2, 0) is 4.74 Å². The molecule has 4 heteroatoms. The van der Waals surface area contributed by atoms with E-state index in [9.17, 15) is 0 Å². The van der Waals surface area contributed by atoms with E-state index in [-0.39, 0.29) is 36.9 Å². The monoisotopic (exact) mass is 402 g/mol. The topological polar surface area (TPSA) is 15.7 Å². The van der Waals surface area contributed by atoms with E-state index in [1.54, 1.807) is 0 Å². The van der Waals surface area contributed by atoms with Crippen LogP contribution in [0.15, 0.2) is 0 Å². The Morgan fingerprint density at radius 2 is 1.71 bits per heavy atom. The molecule has 0 unspecified atom stereocenters. The minimum Gasteiger partial charge on any atom is -0.448 e. The van der Waals surface area contributed by atoms with Gasteiger partial charge in [0.1, 0.15) is 0 Å². The van der Waals surface area contributed by atoms with Crippen LogP contribution in [0.1, 0.15) is 33.6 Å². The van der Waals surface area contributed by atoms with Gasteiger partial charge < -0.3 is 14.5 Å². The van der Waals surface area contributed by atoms with Gasteiger partial charge in [0.25, 0.3) is 0 Å². The Morgan fingerprint density at radius 3 is 2.24 bits per heavy atom. The van der Waals surface area contributed by atoms with Crippen LogP contribution in [0.4, 0.5) is 0 Å². The second kappa shape index (κ2) is 9.09. The zero-order valence-corrected chi connectivity index (χ0v) is 13.2. The molecule has 2 rings (SSSR count). The van der Waals surface area contributed by atoms with Gasteiger partial charge in [-0.2, -0.15) is 6.92 Å². The van der Waals surface area contributed by atoms with Crippen molar-refractivity contribution in [2.24, 2.45) is 0 Å². The van der Waals surface area contributed by atoms with Gasteiger partial charge in [-0.05, 0) is 39.5 Å². The fraction of sp³-hybridized carbons (Fsp3) is 0.923. The van der Waals surface area contributed by atoms with Crippen molar-refractivity contribution in [3.8, 4) is 0 Å². The van der Waals surface area contributed by atoms with Crippen molar-refractivity contribution in [2.75, 3.05) is 39.9 Å². The Morgan fingerprint density at radius 1 is 1.12 bits per heavy atom. The maximum absolute atomic E-state index is 5.65. The third-order valence-electron chi connectivity index (χ3n) is 3.69. The summed E-state index contributed by atoms with van der Waals surface area (Å²) < 4.78 is 5.65. The van der Waals surface area contributed by atoms with Crippen LogP contribution in [0.2, 0.25) is 0 Å². The molecular weight excluding hydrogens is 375 g/mol. The molecule has 1 radical (unpaired) electrons. The molecule has 0 atom stereocenters. The summed E-state index contributed by atoms with van der Waals surface area (Å²) in [6, 6.07) is 0. The Bertz CT molecular complexity index is 194. The zero-order chi connectivity index (χ0) is 12.0. The maximum Gasteiger partial charge on any atom is 0.0628 e. The molecule has 0 aromatic heterocycles.